The van der Waals surface area contributed by atoms with Crippen molar-refractivity contribution in [2.75, 3.05) is 48.3 Å². The molecule has 0 radical (unpaired) electrons. The number of rotatable bonds is 6. The topological polar surface area (TPSA) is 82.1 Å². The molecule has 0 aliphatic carbocycles. The Hall–Kier alpha value is -4.22. The van der Waals surface area contributed by atoms with Crippen molar-refractivity contribution in [3.63, 3.8) is 0 Å². The van der Waals surface area contributed by atoms with Crippen molar-refractivity contribution < 1.29 is 0 Å². The van der Waals surface area contributed by atoms with Crippen LogP contribution < -0.4 is 15.5 Å². The van der Waals surface area contributed by atoms with Gasteiger partial charge in [0.25, 0.3) is 0 Å². The summed E-state index contributed by atoms with van der Waals surface area (Å²) < 4.78 is 0. The summed E-state index contributed by atoms with van der Waals surface area (Å²) in [6.45, 7) is 6.21. The molecule has 1 fully saturated rings. The van der Waals surface area contributed by atoms with Gasteiger partial charge in [-0.25, -0.2) is 19.9 Å². The first-order valence-corrected chi connectivity index (χ1v) is 11.3. The minimum atomic E-state index is 0.689. The van der Waals surface area contributed by atoms with E-state index in [2.05, 4.69) is 58.4 Å². The van der Waals surface area contributed by atoms with Crippen LogP contribution in [0.15, 0.2) is 60.8 Å². The van der Waals surface area contributed by atoms with Gasteiger partial charge in [0.2, 0.25) is 0 Å². The van der Waals surface area contributed by atoms with E-state index in [1.807, 2.05) is 49.4 Å². The maximum Gasteiger partial charge on any atom is 0.137 e. The summed E-state index contributed by atoms with van der Waals surface area (Å²) in [7, 11) is 0. The van der Waals surface area contributed by atoms with Crippen LogP contribution >= 0.6 is 0 Å². The van der Waals surface area contributed by atoms with Gasteiger partial charge in [0, 0.05) is 55.6 Å². The smallest absolute Gasteiger partial charge is 0.137 e. The third-order valence-corrected chi connectivity index (χ3v) is 5.72. The van der Waals surface area contributed by atoms with Crippen molar-refractivity contribution in [2.24, 2.45) is 0 Å². The first-order chi connectivity index (χ1) is 16.7. The van der Waals surface area contributed by atoms with Crippen LogP contribution in [0.4, 0.5) is 29.0 Å². The van der Waals surface area contributed by atoms with E-state index < -0.39 is 0 Å². The van der Waals surface area contributed by atoms with Crippen molar-refractivity contribution in [2.45, 2.75) is 6.92 Å². The third kappa shape index (κ3) is 5.05. The number of aromatic nitrogens is 4. The van der Waals surface area contributed by atoms with Gasteiger partial charge < -0.3 is 15.5 Å². The van der Waals surface area contributed by atoms with E-state index in [1.54, 1.807) is 6.20 Å². The van der Waals surface area contributed by atoms with Crippen LogP contribution in [0.3, 0.4) is 0 Å². The molecular formula is C26H26N8. The molecule has 5 rings (SSSR count). The predicted molar refractivity (Wildman–Crippen MR) is 137 cm³/mol. The first-order valence-electron chi connectivity index (χ1n) is 11.3. The van der Waals surface area contributed by atoms with Gasteiger partial charge in [0.05, 0.1) is 12.1 Å². The number of anilines is 5. The lowest BCUT2D eigenvalue weighted by Gasteiger charge is -2.34. The molecule has 0 amide bonds. The van der Waals surface area contributed by atoms with Crippen molar-refractivity contribution in [3.05, 3.63) is 66.6 Å². The van der Waals surface area contributed by atoms with Crippen LogP contribution in [0.5, 0.6) is 0 Å². The molecular weight excluding hydrogens is 424 g/mol. The van der Waals surface area contributed by atoms with Gasteiger partial charge >= 0.3 is 0 Å². The van der Waals surface area contributed by atoms with Gasteiger partial charge in [0.1, 0.15) is 29.1 Å². The lowest BCUT2D eigenvalue weighted by atomic mass is 10.2. The fourth-order valence-electron chi connectivity index (χ4n) is 4.03. The Balaban J connectivity index is 1.30. The number of piperazine rings is 1. The molecule has 3 aromatic heterocycles. The normalized spacial score (nSPS) is 14.1. The van der Waals surface area contributed by atoms with Gasteiger partial charge in [-0.3, -0.25) is 4.90 Å². The Morgan fingerprint density at radius 2 is 1.74 bits per heavy atom. The van der Waals surface area contributed by atoms with Crippen LogP contribution in [-0.2, 0) is 0 Å². The number of hydrogen-bond donors (Lipinski definition) is 2. The average Bonchev–Trinajstić information content (AvgIpc) is 2.84. The Morgan fingerprint density at radius 1 is 0.882 bits per heavy atom. The second kappa shape index (κ2) is 9.73. The number of benzene rings is 1. The highest BCUT2D eigenvalue weighted by Gasteiger charge is 2.18. The third-order valence-electron chi connectivity index (χ3n) is 5.72. The molecule has 0 spiro atoms. The molecule has 1 saturated heterocycles. The average molecular weight is 451 g/mol. The van der Waals surface area contributed by atoms with E-state index in [9.17, 15) is 0 Å². The minimum Gasteiger partial charge on any atom is -0.354 e. The van der Waals surface area contributed by atoms with E-state index in [1.165, 1.54) is 0 Å². The Labute approximate surface area is 199 Å². The standard InChI is InChI=1S/C26H26N8/c1-3-12-33-13-15-34(16-14-33)26-18-25(28-19(2)29-26)32-24-17-21(10-11-27-24)30-23-9-8-20-6-4-5-7-22(20)31-23/h1,4-11,17-18H,12-16H2,2H3,(H2,27,28,29,30,31,32). The van der Waals surface area contributed by atoms with E-state index in [0.29, 0.717) is 24.0 Å². The number of para-hydroxylation sites is 1. The van der Waals surface area contributed by atoms with Crippen molar-refractivity contribution >= 4 is 39.9 Å². The Bertz CT molecular complexity index is 1340. The second-order valence-corrected chi connectivity index (χ2v) is 8.19. The van der Waals surface area contributed by atoms with E-state index in [0.717, 1.165) is 54.4 Å². The molecule has 8 heteroatoms. The largest absolute Gasteiger partial charge is 0.354 e. The van der Waals surface area contributed by atoms with Gasteiger partial charge in [-0.05, 0) is 31.2 Å². The zero-order chi connectivity index (χ0) is 23.3. The first kappa shape index (κ1) is 21.6. The fourth-order valence-corrected chi connectivity index (χ4v) is 4.03. The molecule has 4 aromatic rings. The molecule has 4 heterocycles. The molecule has 0 unspecified atom stereocenters. The lowest BCUT2D eigenvalue weighted by molar-refractivity contribution is 0.287. The summed E-state index contributed by atoms with van der Waals surface area (Å²) in [5, 5.41) is 7.79. The monoisotopic (exact) mass is 450 g/mol. The van der Waals surface area contributed by atoms with Crippen molar-refractivity contribution in [3.8, 4) is 12.3 Å². The number of fused-ring (bicyclic) bond motifs is 1. The number of pyridine rings is 2. The highest BCUT2D eigenvalue weighted by molar-refractivity contribution is 5.80. The zero-order valence-corrected chi connectivity index (χ0v) is 19.1. The molecule has 0 saturated carbocycles. The van der Waals surface area contributed by atoms with E-state index in [-0.39, 0.29) is 0 Å². The van der Waals surface area contributed by atoms with Crippen LogP contribution in [0, 0.1) is 19.3 Å². The quantitative estimate of drug-likeness (QED) is 0.427. The summed E-state index contributed by atoms with van der Waals surface area (Å²) in [4.78, 5) is 22.9. The highest BCUT2D eigenvalue weighted by atomic mass is 15.3. The van der Waals surface area contributed by atoms with E-state index >= 15 is 0 Å². The zero-order valence-electron chi connectivity index (χ0n) is 19.1. The fraction of sp³-hybridized carbons (Fsp3) is 0.231. The van der Waals surface area contributed by atoms with Crippen molar-refractivity contribution in [1.29, 1.82) is 0 Å². The van der Waals surface area contributed by atoms with Crippen LogP contribution in [0.1, 0.15) is 5.82 Å². The lowest BCUT2D eigenvalue weighted by Crippen LogP contribution is -2.46. The predicted octanol–water partition coefficient (Wildman–Crippen LogP) is 3.97. The van der Waals surface area contributed by atoms with Crippen LogP contribution in [0.2, 0.25) is 0 Å². The number of hydrogen-bond acceptors (Lipinski definition) is 8. The maximum absolute atomic E-state index is 5.45. The van der Waals surface area contributed by atoms with Gasteiger partial charge in [-0.2, -0.15) is 0 Å². The summed E-state index contributed by atoms with van der Waals surface area (Å²) in [6, 6.07) is 17.9. The maximum atomic E-state index is 5.45. The summed E-state index contributed by atoms with van der Waals surface area (Å²) in [6.07, 6.45) is 7.20. The van der Waals surface area contributed by atoms with Gasteiger partial charge in [-0.1, -0.05) is 24.1 Å². The number of terminal acetylenes is 1. The molecule has 1 aliphatic rings. The molecule has 1 aliphatic heterocycles. The Morgan fingerprint density at radius 3 is 2.59 bits per heavy atom. The molecule has 0 bridgehead atoms. The molecule has 170 valence electrons. The molecule has 34 heavy (non-hydrogen) atoms. The van der Waals surface area contributed by atoms with Gasteiger partial charge in [-0.15, -0.1) is 6.42 Å². The molecule has 2 N–H and O–H groups in total. The minimum absolute atomic E-state index is 0.689. The Kier molecular flexibility index (Phi) is 6.19. The summed E-state index contributed by atoms with van der Waals surface area (Å²) in [5.74, 6) is 6.51. The van der Waals surface area contributed by atoms with Crippen molar-refractivity contribution in [1.82, 2.24) is 24.8 Å². The molecule has 8 nitrogen and oxygen atoms in total. The van der Waals surface area contributed by atoms with Gasteiger partial charge in [0.15, 0.2) is 0 Å². The van der Waals surface area contributed by atoms with Crippen LogP contribution in [-0.4, -0.2) is 57.6 Å². The SMILES string of the molecule is C#CCN1CCN(c2cc(Nc3cc(Nc4ccc5ccccc5n4)ccn3)nc(C)n2)CC1. The number of aryl methyl sites for hydroxylation is 1. The summed E-state index contributed by atoms with van der Waals surface area (Å²) in [5.41, 5.74) is 1.83. The summed E-state index contributed by atoms with van der Waals surface area (Å²) >= 11 is 0. The number of nitrogens with one attached hydrogen (secondary N) is 2. The molecule has 0 atom stereocenters. The van der Waals surface area contributed by atoms with Crippen LogP contribution in [0.25, 0.3) is 10.9 Å². The number of nitrogens with zero attached hydrogens (tertiary/aromatic N) is 6. The molecule has 1 aromatic carbocycles. The highest BCUT2D eigenvalue weighted by Crippen LogP contribution is 2.23. The van der Waals surface area contributed by atoms with E-state index in [4.69, 9.17) is 6.42 Å². The second-order valence-electron chi connectivity index (χ2n) is 8.19.